The van der Waals surface area contributed by atoms with E-state index in [0.717, 1.165) is 42.8 Å². The highest BCUT2D eigenvalue weighted by atomic mass is 32.2. The van der Waals surface area contributed by atoms with E-state index in [2.05, 4.69) is 28.9 Å². The van der Waals surface area contributed by atoms with Gasteiger partial charge in [-0.3, -0.25) is 14.3 Å². The smallest absolute Gasteiger partial charge is 0.264 e. The molecule has 0 spiro atoms. The van der Waals surface area contributed by atoms with Crippen LogP contribution in [0.3, 0.4) is 0 Å². The van der Waals surface area contributed by atoms with Gasteiger partial charge in [0.25, 0.3) is 10.0 Å². The fraction of sp³-hybridized carbons (Fsp3) is 0.480. The van der Waals surface area contributed by atoms with Crippen LogP contribution in [-0.2, 0) is 27.7 Å². The Labute approximate surface area is 196 Å². The standard InChI is InChI=1S/C25H34N4O3S/c1-5-20-6-8-21(9-7-20)29(15-18(2)3)33(30,31)22-10-11-23-24(14-22)26-27-25(23)16-28-12-13-32-17-19(28)4/h6-11,14,18-19H,5,12-13,15-17H2,1-4H3,(H,26,27)/t19-/m0/s1. The van der Waals surface area contributed by atoms with E-state index in [0.29, 0.717) is 24.8 Å². The highest BCUT2D eigenvalue weighted by molar-refractivity contribution is 7.92. The predicted octanol–water partition coefficient (Wildman–Crippen LogP) is 4.20. The van der Waals surface area contributed by atoms with E-state index < -0.39 is 10.0 Å². The molecule has 1 aromatic heterocycles. The normalized spacial score (nSPS) is 17.7. The summed E-state index contributed by atoms with van der Waals surface area (Å²) in [7, 11) is -3.73. The summed E-state index contributed by atoms with van der Waals surface area (Å²) in [6.07, 6.45) is 0.916. The molecule has 2 aromatic carbocycles. The molecular weight excluding hydrogens is 436 g/mol. The lowest BCUT2D eigenvalue weighted by Gasteiger charge is -2.32. The van der Waals surface area contributed by atoms with Crippen molar-refractivity contribution in [2.24, 2.45) is 5.92 Å². The number of hydrogen-bond acceptors (Lipinski definition) is 5. The molecule has 0 saturated carbocycles. The Kier molecular flexibility index (Phi) is 7.07. The Morgan fingerprint density at radius 3 is 2.64 bits per heavy atom. The maximum atomic E-state index is 13.7. The highest BCUT2D eigenvalue weighted by Crippen LogP contribution is 2.28. The Morgan fingerprint density at radius 2 is 1.97 bits per heavy atom. The average Bonchev–Trinajstić information content (AvgIpc) is 3.21. The molecule has 1 N–H and O–H groups in total. The molecule has 0 bridgehead atoms. The highest BCUT2D eigenvalue weighted by Gasteiger charge is 2.27. The van der Waals surface area contributed by atoms with E-state index in [-0.39, 0.29) is 10.8 Å². The van der Waals surface area contributed by atoms with Gasteiger partial charge in [-0.15, -0.1) is 0 Å². The summed E-state index contributed by atoms with van der Waals surface area (Å²) in [4.78, 5) is 2.61. The summed E-state index contributed by atoms with van der Waals surface area (Å²) >= 11 is 0. The summed E-state index contributed by atoms with van der Waals surface area (Å²) in [6, 6.07) is 13.4. The number of aryl methyl sites for hydroxylation is 1. The van der Waals surface area contributed by atoms with Crippen molar-refractivity contribution in [2.45, 2.75) is 51.6 Å². The lowest BCUT2D eigenvalue weighted by Crippen LogP contribution is -2.43. The second kappa shape index (κ2) is 9.83. The maximum absolute atomic E-state index is 13.7. The topological polar surface area (TPSA) is 78.5 Å². The van der Waals surface area contributed by atoms with E-state index in [1.54, 1.807) is 12.1 Å². The van der Waals surface area contributed by atoms with Crippen molar-refractivity contribution in [3.63, 3.8) is 0 Å². The monoisotopic (exact) mass is 470 g/mol. The molecule has 33 heavy (non-hydrogen) atoms. The molecule has 4 rings (SSSR count). The lowest BCUT2D eigenvalue weighted by molar-refractivity contribution is -0.00473. The average molecular weight is 471 g/mol. The first-order valence-electron chi connectivity index (χ1n) is 11.7. The molecule has 7 nitrogen and oxygen atoms in total. The largest absolute Gasteiger partial charge is 0.379 e. The van der Waals surface area contributed by atoms with Gasteiger partial charge in [0.05, 0.1) is 35.0 Å². The number of nitrogens with one attached hydrogen (secondary N) is 1. The van der Waals surface area contributed by atoms with E-state index in [1.807, 2.05) is 44.2 Å². The Balaban J connectivity index is 1.65. The van der Waals surface area contributed by atoms with Gasteiger partial charge in [-0.25, -0.2) is 8.42 Å². The van der Waals surface area contributed by atoms with Gasteiger partial charge in [-0.05, 0) is 55.2 Å². The summed E-state index contributed by atoms with van der Waals surface area (Å²) < 4.78 is 34.5. The van der Waals surface area contributed by atoms with E-state index in [1.165, 1.54) is 9.87 Å². The van der Waals surface area contributed by atoms with Gasteiger partial charge >= 0.3 is 0 Å². The first kappa shape index (κ1) is 23.7. The molecule has 0 radical (unpaired) electrons. The third-order valence-corrected chi connectivity index (χ3v) is 8.01. The first-order valence-corrected chi connectivity index (χ1v) is 13.1. The van der Waals surface area contributed by atoms with Crippen LogP contribution in [-0.4, -0.2) is 55.9 Å². The van der Waals surface area contributed by atoms with Crippen molar-refractivity contribution in [1.82, 2.24) is 15.1 Å². The third kappa shape index (κ3) is 5.08. The summed E-state index contributed by atoms with van der Waals surface area (Å²) in [5, 5.41) is 8.50. The van der Waals surface area contributed by atoms with Crippen molar-refractivity contribution in [3.8, 4) is 0 Å². The number of benzene rings is 2. The number of anilines is 1. The van der Waals surface area contributed by atoms with Gasteiger partial charge in [0.1, 0.15) is 0 Å². The molecular formula is C25H34N4O3S. The molecule has 0 amide bonds. The first-order chi connectivity index (χ1) is 15.8. The van der Waals surface area contributed by atoms with Crippen LogP contribution in [0.15, 0.2) is 47.4 Å². The zero-order valence-electron chi connectivity index (χ0n) is 19.9. The summed E-state index contributed by atoms with van der Waals surface area (Å²) in [6.45, 7) is 11.7. The van der Waals surface area contributed by atoms with Gasteiger partial charge in [0.15, 0.2) is 0 Å². The molecule has 0 aliphatic carbocycles. The van der Waals surface area contributed by atoms with E-state index in [9.17, 15) is 8.42 Å². The number of ether oxygens (including phenoxy) is 1. The molecule has 1 aliphatic heterocycles. The van der Waals surface area contributed by atoms with Crippen LogP contribution < -0.4 is 4.31 Å². The molecule has 1 atom stereocenters. The van der Waals surface area contributed by atoms with Crippen LogP contribution in [0, 0.1) is 5.92 Å². The van der Waals surface area contributed by atoms with Gasteiger partial charge in [0, 0.05) is 31.1 Å². The number of sulfonamides is 1. The van der Waals surface area contributed by atoms with Crippen LogP contribution in [0.2, 0.25) is 0 Å². The van der Waals surface area contributed by atoms with Crippen molar-refractivity contribution in [2.75, 3.05) is 30.6 Å². The van der Waals surface area contributed by atoms with Gasteiger partial charge in [0.2, 0.25) is 0 Å². The van der Waals surface area contributed by atoms with Crippen molar-refractivity contribution in [1.29, 1.82) is 0 Å². The van der Waals surface area contributed by atoms with Crippen LogP contribution in [0.25, 0.3) is 10.9 Å². The lowest BCUT2D eigenvalue weighted by atomic mass is 10.1. The zero-order chi connectivity index (χ0) is 23.6. The van der Waals surface area contributed by atoms with Crippen molar-refractivity contribution in [3.05, 3.63) is 53.7 Å². The van der Waals surface area contributed by atoms with Crippen molar-refractivity contribution < 1.29 is 13.2 Å². The number of hydrogen-bond donors (Lipinski definition) is 1. The van der Waals surface area contributed by atoms with Gasteiger partial charge in [-0.1, -0.05) is 32.9 Å². The Morgan fingerprint density at radius 1 is 1.21 bits per heavy atom. The Hall–Kier alpha value is -2.42. The van der Waals surface area contributed by atoms with Crippen LogP contribution in [0.4, 0.5) is 5.69 Å². The van der Waals surface area contributed by atoms with Crippen LogP contribution in [0.5, 0.6) is 0 Å². The number of fused-ring (bicyclic) bond motifs is 1. The van der Waals surface area contributed by atoms with E-state index in [4.69, 9.17) is 4.74 Å². The summed E-state index contributed by atoms with van der Waals surface area (Å²) in [5.74, 6) is 0.184. The second-order valence-corrected chi connectivity index (χ2v) is 11.1. The van der Waals surface area contributed by atoms with Gasteiger partial charge in [-0.2, -0.15) is 5.10 Å². The number of aromatic nitrogens is 2. The molecule has 1 aliphatic rings. The molecule has 1 saturated heterocycles. The van der Waals surface area contributed by atoms with Gasteiger partial charge < -0.3 is 4.74 Å². The second-order valence-electron chi connectivity index (χ2n) is 9.22. The maximum Gasteiger partial charge on any atom is 0.264 e. The minimum Gasteiger partial charge on any atom is -0.379 e. The molecule has 178 valence electrons. The van der Waals surface area contributed by atoms with Crippen LogP contribution >= 0.6 is 0 Å². The van der Waals surface area contributed by atoms with Crippen molar-refractivity contribution >= 4 is 26.6 Å². The minimum atomic E-state index is -3.73. The fourth-order valence-electron chi connectivity index (χ4n) is 4.22. The quantitative estimate of drug-likeness (QED) is 0.534. The molecule has 8 heteroatoms. The number of morpholine rings is 1. The number of aromatic amines is 1. The fourth-order valence-corrected chi connectivity index (χ4v) is 5.88. The molecule has 0 unspecified atom stereocenters. The zero-order valence-corrected chi connectivity index (χ0v) is 20.7. The Bertz CT molecular complexity index is 1190. The molecule has 1 fully saturated rings. The number of H-pyrrole nitrogens is 1. The molecule has 3 aromatic rings. The molecule has 2 heterocycles. The van der Waals surface area contributed by atoms with Crippen LogP contribution in [0.1, 0.15) is 39.0 Å². The minimum absolute atomic E-state index is 0.184. The number of nitrogens with zero attached hydrogens (tertiary/aromatic N) is 3. The predicted molar refractivity (Wildman–Crippen MR) is 132 cm³/mol. The SMILES string of the molecule is CCc1ccc(N(CC(C)C)S(=O)(=O)c2ccc3c(CN4CCOC[C@@H]4C)n[nH]c3c2)cc1. The van der Waals surface area contributed by atoms with E-state index >= 15 is 0 Å². The summed E-state index contributed by atoms with van der Waals surface area (Å²) in [5.41, 5.74) is 3.53. The number of rotatable bonds is 8. The third-order valence-electron chi connectivity index (χ3n) is 6.22.